The number of nitrogens with two attached hydrogens (primary N) is 1. The molecule has 0 fully saturated rings. The maximum atomic E-state index is 13.5. The molecule has 22 heavy (non-hydrogen) atoms. The molecule has 1 amide bonds. The third kappa shape index (κ3) is 4.56. The van der Waals surface area contributed by atoms with Crippen molar-refractivity contribution in [2.75, 3.05) is 5.32 Å². The predicted molar refractivity (Wildman–Crippen MR) is 85.7 cm³/mol. The first-order valence-electron chi connectivity index (χ1n) is 7.15. The summed E-state index contributed by atoms with van der Waals surface area (Å²) in [4.78, 5) is 10.9. The minimum absolute atomic E-state index is 0.212. The van der Waals surface area contributed by atoms with Gasteiger partial charge in [-0.05, 0) is 30.7 Å². The van der Waals surface area contributed by atoms with Crippen LogP contribution in [-0.2, 0) is 17.9 Å². The van der Waals surface area contributed by atoms with Crippen molar-refractivity contribution in [3.63, 3.8) is 0 Å². The molecule has 2 aromatic carbocycles. The predicted octanol–water partition coefficient (Wildman–Crippen LogP) is 2.40. The third-order valence-electron chi connectivity index (χ3n) is 3.43. The highest BCUT2D eigenvalue weighted by atomic mass is 19.1. The topological polar surface area (TPSA) is 67.2 Å². The molecule has 5 heteroatoms. The summed E-state index contributed by atoms with van der Waals surface area (Å²) < 4.78 is 13.5. The first-order valence-corrected chi connectivity index (χ1v) is 7.15. The molecule has 0 aromatic heterocycles. The largest absolute Gasteiger partial charge is 0.381 e. The fourth-order valence-corrected chi connectivity index (χ4v) is 1.95. The van der Waals surface area contributed by atoms with Crippen molar-refractivity contribution >= 4 is 11.6 Å². The van der Waals surface area contributed by atoms with E-state index in [-0.39, 0.29) is 17.8 Å². The number of primary amides is 1. The van der Waals surface area contributed by atoms with Crippen LogP contribution in [0.25, 0.3) is 0 Å². The molecule has 0 aliphatic carbocycles. The van der Waals surface area contributed by atoms with E-state index in [0.29, 0.717) is 18.7 Å². The summed E-state index contributed by atoms with van der Waals surface area (Å²) in [7, 11) is 0. The van der Waals surface area contributed by atoms with Gasteiger partial charge in [0.05, 0.1) is 6.04 Å². The molecule has 0 saturated carbocycles. The number of amides is 1. The average molecular weight is 301 g/mol. The molecule has 0 saturated heterocycles. The highest BCUT2D eigenvalue weighted by molar-refractivity contribution is 5.79. The summed E-state index contributed by atoms with van der Waals surface area (Å²) in [5, 5.41) is 6.22. The van der Waals surface area contributed by atoms with E-state index in [1.54, 1.807) is 19.1 Å². The zero-order valence-electron chi connectivity index (χ0n) is 12.5. The molecule has 2 rings (SSSR count). The van der Waals surface area contributed by atoms with Gasteiger partial charge in [-0.25, -0.2) is 4.39 Å². The Bertz CT molecular complexity index is 628. The number of benzene rings is 2. The van der Waals surface area contributed by atoms with Crippen LogP contribution in [0.3, 0.4) is 0 Å². The van der Waals surface area contributed by atoms with Gasteiger partial charge in [0.1, 0.15) is 5.82 Å². The Morgan fingerprint density at radius 1 is 1.14 bits per heavy atom. The van der Waals surface area contributed by atoms with Crippen molar-refractivity contribution in [3.05, 3.63) is 65.5 Å². The highest BCUT2D eigenvalue weighted by Gasteiger charge is 2.07. The third-order valence-corrected chi connectivity index (χ3v) is 3.43. The second kappa shape index (κ2) is 7.56. The molecular weight excluding hydrogens is 281 g/mol. The van der Waals surface area contributed by atoms with Gasteiger partial charge in [-0.15, -0.1) is 0 Å². The van der Waals surface area contributed by atoms with Crippen molar-refractivity contribution < 1.29 is 9.18 Å². The van der Waals surface area contributed by atoms with Gasteiger partial charge >= 0.3 is 0 Å². The van der Waals surface area contributed by atoms with E-state index in [1.807, 2.05) is 30.3 Å². The lowest BCUT2D eigenvalue weighted by Crippen LogP contribution is -2.38. The van der Waals surface area contributed by atoms with Gasteiger partial charge in [-0.3, -0.25) is 4.79 Å². The fourth-order valence-electron chi connectivity index (χ4n) is 1.95. The summed E-state index contributed by atoms with van der Waals surface area (Å²) in [5.74, 6) is -0.584. The highest BCUT2D eigenvalue weighted by Crippen LogP contribution is 2.13. The number of anilines is 1. The van der Waals surface area contributed by atoms with Crippen molar-refractivity contribution in [1.29, 1.82) is 0 Å². The van der Waals surface area contributed by atoms with E-state index in [2.05, 4.69) is 10.6 Å². The summed E-state index contributed by atoms with van der Waals surface area (Å²) >= 11 is 0. The van der Waals surface area contributed by atoms with Crippen molar-refractivity contribution in [3.8, 4) is 0 Å². The van der Waals surface area contributed by atoms with E-state index in [1.165, 1.54) is 6.07 Å². The molecule has 1 atom stereocenters. The van der Waals surface area contributed by atoms with Crippen LogP contribution in [0.15, 0.2) is 48.5 Å². The molecule has 4 nitrogen and oxygen atoms in total. The van der Waals surface area contributed by atoms with Gasteiger partial charge in [0.2, 0.25) is 5.91 Å². The lowest BCUT2D eigenvalue weighted by Gasteiger charge is -2.11. The molecule has 4 N–H and O–H groups in total. The maximum Gasteiger partial charge on any atom is 0.234 e. The van der Waals surface area contributed by atoms with Crippen LogP contribution in [-0.4, -0.2) is 11.9 Å². The number of hydrogen-bond donors (Lipinski definition) is 3. The number of carbonyl (C=O) groups excluding carboxylic acids is 1. The normalized spacial score (nSPS) is 11.9. The van der Waals surface area contributed by atoms with Crippen LogP contribution in [0, 0.1) is 5.82 Å². The molecule has 0 spiro atoms. The van der Waals surface area contributed by atoms with Gasteiger partial charge in [0, 0.05) is 24.3 Å². The zero-order chi connectivity index (χ0) is 15.9. The van der Waals surface area contributed by atoms with E-state index in [0.717, 1.165) is 11.3 Å². The molecular formula is C17H20FN3O. The summed E-state index contributed by atoms with van der Waals surface area (Å²) in [6.07, 6.45) is 0. The number of carbonyl (C=O) groups is 1. The fraction of sp³-hybridized carbons (Fsp3) is 0.235. The molecule has 116 valence electrons. The minimum Gasteiger partial charge on any atom is -0.381 e. The minimum atomic E-state index is -0.372. The van der Waals surface area contributed by atoms with Crippen LogP contribution < -0.4 is 16.4 Å². The molecule has 0 heterocycles. The SMILES string of the molecule is C[C@H](NCc1ccc(NCc2ccccc2F)cc1)C(N)=O. The average Bonchev–Trinajstić information content (AvgIpc) is 2.52. The Balaban J connectivity index is 1.87. The number of halogens is 1. The van der Waals surface area contributed by atoms with E-state index in [9.17, 15) is 9.18 Å². The monoisotopic (exact) mass is 301 g/mol. The van der Waals surface area contributed by atoms with Gasteiger partial charge in [0.15, 0.2) is 0 Å². The lowest BCUT2D eigenvalue weighted by molar-refractivity contribution is -0.119. The lowest BCUT2D eigenvalue weighted by atomic mass is 10.1. The molecule has 0 aliphatic rings. The Morgan fingerprint density at radius 2 is 1.82 bits per heavy atom. The van der Waals surface area contributed by atoms with Crippen LogP contribution in [0.2, 0.25) is 0 Å². The van der Waals surface area contributed by atoms with Gasteiger partial charge < -0.3 is 16.4 Å². The first kappa shape index (κ1) is 16.0. The molecule has 0 radical (unpaired) electrons. The Morgan fingerprint density at radius 3 is 2.45 bits per heavy atom. The van der Waals surface area contributed by atoms with E-state index >= 15 is 0 Å². The van der Waals surface area contributed by atoms with Crippen molar-refractivity contribution in [2.24, 2.45) is 5.73 Å². The smallest absolute Gasteiger partial charge is 0.234 e. The summed E-state index contributed by atoms with van der Waals surface area (Å²) in [5.41, 5.74) is 7.78. The first-order chi connectivity index (χ1) is 10.6. The van der Waals surface area contributed by atoms with Gasteiger partial charge in [0.25, 0.3) is 0 Å². The Hall–Kier alpha value is -2.40. The molecule has 0 unspecified atom stereocenters. The standard InChI is InChI=1S/C17H20FN3O/c1-12(17(19)22)20-10-13-6-8-15(9-7-13)21-11-14-4-2-3-5-16(14)18/h2-9,12,20-21H,10-11H2,1H3,(H2,19,22)/t12-/m0/s1. The van der Waals surface area contributed by atoms with Crippen LogP contribution in [0.1, 0.15) is 18.1 Å². The Kier molecular flexibility index (Phi) is 5.49. The number of rotatable bonds is 7. The molecule has 2 aromatic rings. The summed E-state index contributed by atoms with van der Waals surface area (Å²) in [6, 6.07) is 14.1. The number of nitrogens with one attached hydrogen (secondary N) is 2. The quantitative estimate of drug-likeness (QED) is 0.735. The van der Waals surface area contributed by atoms with Gasteiger partial charge in [-0.1, -0.05) is 30.3 Å². The van der Waals surface area contributed by atoms with Crippen molar-refractivity contribution in [1.82, 2.24) is 5.32 Å². The molecule has 0 bridgehead atoms. The van der Waals surface area contributed by atoms with Crippen LogP contribution >= 0.6 is 0 Å². The summed E-state index contributed by atoms with van der Waals surface area (Å²) in [6.45, 7) is 2.73. The second-order valence-corrected chi connectivity index (χ2v) is 5.15. The second-order valence-electron chi connectivity index (χ2n) is 5.15. The zero-order valence-corrected chi connectivity index (χ0v) is 12.5. The van der Waals surface area contributed by atoms with Crippen molar-refractivity contribution in [2.45, 2.75) is 26.1 Å². The molecule has 0 aliphatic heterocycles. The van der Waals surface area contributed by atoms with Crippen LogP contribution in [0.5, 0.6) is 0 Å². The van der Waals surface area contributed by atoms with E-state index < -0.39 is 0 Å². The maximum absolute atomic E-state index is 13.5. The van der Waals surface area contributed by atoms with Crippen LogP contribution in [0.4, 0.5) is 10.1 Å². The van der Waals surface area contributed by atoms with E-state index in [4.69, 9.17) is 5.73 Å². The number of hydrogen-bond acceptors (Lipinski definition) is 3. The Labute approximate surface area is 129 Å². The van der Waals surface area contributed by atoms with Gasteiger partial charge in [-0.2, -0.15) is 0 Å².